The topological polar surface area (TPSA) is 93.5 Å². The number of rotatable bonds is 6. The minimum Gasteiger partial charge on any atom is -0.497 e. The number of ether oxygens (including phenoxy) is 1. The van der Waals surface area contributed by atoms with E-state index >= 15 is 0 Å². The van der Waals surface area contributed by atoms with Crippen molar-refractivity contribution in [2.24, 2.45) is 11.1 Å². The molecule has 0 saturated heterocycles. The summed E-state index contributed by atoms with van der Waals surface area (Å²) in [4.78, 5) is 23.9. The van der Waals surface area contributed by atoms with Crippen LogP contribution in [0.25, 0.3) is 0 Å². The lowest BCUT2D eigenvalue weighted by Gasteiger charge is -2.35. The molecule has 0 radical (unpaired) electrons. The highest BCUT2D eigenvalue weighted by atomic mass is 35.5. The molecule has 2 amide bonds. The van der Waals surface area contributed by atoms with Crippen LogP contribution in [-0.2, 0) is 9.59 Å². The van der Waals surface area contributed by atoms with Gasteiger partial charge in [-0.1, -0.05) is 19.3 Å². The zero-order chi connectivity index (χ0) is 17.6. The number of amides is 2. The number of anilines is 2. The fourth-order valence-corrected chi connectivity index (χ4v) is 3.34. The highest BCUT2D eigenvalue weighted by molar-refractivity contribution is 5.99. The zero-order valence-corrected chi connectivity index (χ0v) is 15.7. The van der Waals surface area contributed by atoms with E-state index in [1.54, 1.807) is 25.3 Å². The van der Waals surface area contributed by atoms with E-state index in [-0.39, 0.29) is 29.6 Å². The van der Waals surface area contributed by atoms with Crippen LogP contribution in [0.1, 0.15) is 45.4 Å². The second kappa shape index (κ2) is 9.63. The molecule has 1 aromatic rings. The minimum atomic E-state index is -0.193. The first-order valence-electron chi connectivity index (χ1n) is 8.43. The molecule has 1 fully saturated rings. The van der Waals surface area contributed by atoms with E-state index in [0.29, 0.717) is 30.1 Å². The Morgan fingerprint density at radius 3 is 2.40 bits per heavy atom. The van der Waals surface area contributed by atoms with Crippen molar-refractivity contribution >= 4 is 35.6 Å². The second-order valence-corrected chi connectivity index (χ2v) is 6.58. The first-order chi connectivity index (χ1) is 11.5. The molecule has 0 bridgehead atoms. The number of hydrogen-bond donors (Lipinski definition) is 3. The number of methoxy groups -OCH3 is 1. The summed E-state index contributed by atoms with van der Waals surface area (Å²) in [5, 5.41) is 5.63. The number of nitrogens with two attached hydrogens (primary N) is 1. The summed E-state index contributed by atoms with van der Waals surface area (Å²) in [6, 6.07) is 5.16. The standard InChI is InChI=1S/C18H27N3O3.ClH/c1-13(22)20-15-7-6-14(24-2)10-16(15)21-17(23)11-18(12-19)8-4-3-5-9-18;/h6-7,10H,3-5,8-9,11-12,19H2,1-2H3,(H,20,22)(H,21,23);1H. The van der Waals surface area contributed by atoms with Crippen LogP contribution < -0.4 is 21.1 Å². The molecule has 6 nitrogen and oxygen atoms in total. The zero-order valence-electron chi connectivity index (χ0n) is 14.9. The normalized spacial score (nSPS) is 15.6. The third-order valence-corrected chi connectivity index (χ3v) is 4.69. The summed E-state index contributed by atoms with van der Waals surface area (Å²) in [7, 11) is 1.56. The van der Waals surface area contributed by atoms with Crippen LogP contribution in [0, 0.1) is 5.41 Å². The molecule has 0 heterocycles. The van der Waals surface area contributed by atoms with Gasteiger partial charge in [-0.2, -0.15) is 0 Å². The van der Waals surface area contributed by atoms with Crippen molar-refractivity contribution in [3.63, 3.8) is 0 Å². The third kappa shape index (κ3) is 5.90. The number of benzene rings is 1. The van der Waals surface area contributed by atoms with Gasteiger partial charge in [-0.15, -0.1) is 12.4 Å². The molecule has 0 atom stereocenters. The molecule has 1 aromatic carbocycles. The summed E-state index contributed by atoms with van der Waals surface area (Å²) in [6.45, 7) is 1.96. The summed E-state index contributed by atoms with van der Waals surface area (Å²) in [5.41, 5.74) is 6.96. The molecule has 2 rings (SSSR count). The summed E-state index contributed by atoms with van der Waals surface area (Å²) in [5.74, 6) is 0.342. The number of hydrogen-bond acceptors (Lipinski definition) is 4. The largest absolute Gasteiger partial charge is 0.497 e. The maximum Gasteiger partial charge on any atom is 0.225 e. The van der Waals surface area contributed by atoms with Gasteiger partial charge in [0, 0.05) is 19.4 Å². The predicted molar refractivity (Wildman–Crippen MR) is 102 cm³/mol. The molecule has 25 heavy (non-hydrogen) atoms. The molecule has 4 N–H and O–H groups in total. The first-order valence-corrected chi connectivity index (χ1v) is 8.43. The highest BCUT2D eigenvalue weighted by Crippen LogP contribution is 2.39. The van der Waals surface area contributed by atoms with E-state index < -0.39 is 0 Å². The Labute approximate surface area is 155 Å². The Bertz CT molecular complexity index is 601. The molecule has 0 aromatic heterocycles. The van der Waals surface area contributed by atoms with Crippen LogP contribution in [-0.4, -0.2) is 25.5 Å². The van der Waals surface area contributed by atoms with Crippen molar-refractivity contribution < 1.29 is 14.3 Å². The molecule has 1 aliphatic carbocycles. The van der Waals surface area contributed by atoms with Crippen LogP contribution in [0.2, 0.25) is 0 Å². The number of nitrogens with one attached hydrogen (secondary N) is 2. The number of carbonyl (C=O) groups is 2. The summed E-state index contributed by atoms with van der Waals surface area (Å²) in [6.07, 6.45) is 5.86. The molecular formula is C18H28ClN3O3. The maximum absolute atomic E-state index is 12.6. The van der Waals surface area contributed by atoms with Crippen molar-refractivity contribution in [1.82, 2.24) is 0 Å². The number of carbonyl (C=O) groups excluding carboxylic acids is 2. The molecule has 0 spiro atoms. The van der Waals surface area contributed by atoms with Gasteiger partial charge in [0.05, 0.1) is 18.5 Å². The van der Waals surface area contributed by atoms with Gasteiger partial charge in [0.15, 0.2) is 0 Å². The Morgan fingerprint density at radius 1 is 1.16 bits per heavy atom. The van der Waals surface area contributed by atoms with Crippen molar-refractivity contribution in [3.8, 4) is 5.75 Å². The van der Waals surface area contributed by atoms with Gasteiger partial charge in [-0.3, -0.25) is 9.59 Å². The van der Waals surface area contributed by atoms with Crippen LogP contribution >= 0.6 is 12.4 Å². The van der Waals surface area contributed by atoms with Crippen LogP contribution in [0.4, 0.5) is 11.4 Å². The highest BCUT2D eigenvalue weighted by Gasteiger charge is 2.33. The lowest BCUT2D eigenvalue weighted by Crippen LogP contribution is -2.36. The third-order valence-electron chi connectivity index (χ3n) is 4.69. The monoisotopic (exact) mass is 369 g/mol. The van der Waals surface area contributed by atoms with E-state index in [1.165, 1.54) is 13.3 Å². The van der Waals surface area contributed by atoms with Gasteiger partial charge < -0.3 is 21.1 Å². The average Bonchev–Trinajstić information content (AvgIpc) is 2.56. The lowest BCUT2D eigenvalue weighted by atomic mass is 9.71. The molecular weight excluding hydrogens is 342 g/mol. The van der Waals surface area contributed by atoms with Crippen molar-refractivity contribution in [2.45, 2.75) is 45.4 Å². The van der Waals surface area contributed by atoms with Crippen LogP contribution in [0.15, 0.2) is 18.2 Å². The van der Waals surface area contributed by atoms with Gasteiger partial charge >= 0.3 is 0 Å². The van der Waals surface area contributed by atoms with E-state index in [2.05, 4.69) is 10.6 Å². The fourth-order valence-electron chi connectivity index (χ4n) is 3.34. The van der Waals surface area contributed by atoms with E-state index in [1.807, 2.05) is 0 Å². The fraction of sp³-hybridized carbons (Fsp3) is 0.556. The SMILES string of the molecule is COc1ccc(NC(C)=O)c(NC(=O)CC2(CN)CCCCC2)c1.Cl. The second-order valence-electron chi connectivity index (χ2n) is 6.58. The summed E-state index contributed by atoms with van der Waals surface area (Å²) < 4.78 is 5.20. The van der Waals surface area contributed by atoms with Crippen LogP contribution in [0.5, 0.6) is 5.75 Å². The molecule has 0 unspecified atom stereocenters. The average molecular weight is 370 g/mol. The molecule has 0 aliphatic heterocycles. The van der Waals surface area contributed by atoms with Crippen molar-refractivity contribution in [3.05, 3.63) is 18.2 Å². The summed E-state index contributed by atoms with van der Waals surface area (Å²) >= 11 is 0. The molecule has 140 valence electrons. The predicted octanol–water partition coefficient (Wildman–Crippen LogP) is 3.31. The van der Waals surface area contributed by atoms with E-state index in [9.17, 15) is 9.59 Å². The van der Waals surface area contributed by atoms with Crippen molar-refractivity contribution in [1.29, 1.82) is 0 Å². The van der Waals surface area contributed by atoms with Gasteiger partial charge in [0.25, 0.3) is 0 Å². The number of halogens is 1. The van der Waals surface area contributed by atoms with Gasteiger partial charge in [0.1, 0.15) is 5.75 Å². The quantitative estimate of drug-likeness (QED) is 0.717. The Balaban J connectivity index is 0.00000312. The first kappa shape index (κ1) is 21.3. The van der Waals surface area contributed by atoms with Crippen LogP contribution in [0.3, 0.4) is 0 Å². The van der Waals surface area contributed by atoms with E-state index in [4.69, 9.17) is 10.5 Å². The maximum atomic E-state index is 12.6. The van der Waals surface area contributed by atoms with Gasteiger partial charge in [-0.05, 0) is 36.9 Å². The Hall–Kier alpha value is -1.79. The van der Waals surface area contributed by atoms with Gasteiger partial charge in [-0.25, -0.2) is 0 Å². The molecule has 7 heteroatoms. The minimum absolute atomic E-state index is 0. The lowest BCUT2D eigenvalue weighted by molar-refractivity contribution is -0.119. The molecule has 1 saturated carbocycles. The van der Waals surface area contributed by atoms with E-state index in [0.717, 1.165) is 25.7 Å². The smallest absolute Gasteiger partial charge is 0.225 e. The Kier molecular flexibility index (Phi) is 8.19. The van der Waals surface area contributed by atoms with Crippen molar-refractivity contribution in [2.75, 3.05) is 24.3 Å². The van der Waals surface area contributed by atoms with Gasteiger partial charge in [0.2, 0.25) is 11.8 Å². The molecule has 1 aliphatic rings. The Morgan fingerprint density at radius 2 is 1.84 bits per heavy atom.